The minimum absolute atomic E-state index is 0.0459. The molecule has 2 aliphatic carbocycles. The first-order valence-corrected chi connectivity index (χ1v) is 9.53. The molecule has 0 saturated heterocycles. The van der Waals surface area contributed by atoms with Crippen LogP contribution in [-0.2, 0) is 16.0 Å². The van der Waals surface area contributed by atoms with Gasteiger partial charge < -0.3 is 9.84 Å². The van der Waals surface area contributed by atoms with Crippen LogP contribution in [0.3, 0.4) is 0 Å². The van der Waals surface area contributed by atoms with E-state index in [1.807, 2.05) is 13.8 Å². The van der Waals surface area contributed by atoms with Gasteiger partial charge in [-0.25, -0.2) is 0 Å². The zero-order chi connectivity index (χ0) is 19.9. The van der Waals surface area contributed by atoms with Crippen molar-refractivity contribution in [2.24, 2.45) is 0 Å². The van der Waals surface area contributed by atoms with Gasteiger partial charge in [0, 0.05) is 36.8 Å². The summed E-state index contributed by atoms with van der Waals surface area (Å²) >= 11 is 0. The topological polar surface area (TPSA) is 80.7 Å². The molecule has 0 heterocycles. The molecular weight excluding hydrogens is 344 g/mol. The van der Waals surface area contributed by atoms with Crippen molar-refractivity contribution in [1.82, 2.24) is 0 Å². The highest BCUT2D eigenvalue weighted by Crippen LogP contribution is 2.44. The number of carbonyl (C=O) groups excluding carboxylic acids is 3. The van der Waals surface area contributed by atoms with Crippen molar-refractivity contribution in [1.29, 1.82) is 0 Å². The van der Waals surface area contributed by atoms with E-state index in [9.17, 15) is 19.5 Å². The first-order chi connectivity index (χ1) is 12.8. The largest absolute Gasteiger partial charge is 0.511 e. The van der Waals surface area contributed by atoms with Crippen molar-refractivity contribution in [2.45, 2.75) is 65.2 Å². The highest BCUT2D eigenvalue weighted by atomic mass is 16.5. The van der Waals surface area contributed by atoms with E-state index in [0.29, 0.717) is 17.7 Å². The Labute approximate surface area is 159 Å². The molecule has 0 aliphatic heterocycles. The summed E-state index contributed by atoms with van der Waals surface area (Å²) in [7, 11) is 1.58. The highest BCUT2D eigenvalue weighted by Gasteiger charge is 2.37. The van der Waals surface area contributed by atoms with Crippen LogP contribution in [0.1, 0.15) is 77.6 Å². The quantitative estimate of drug-likeness (QED) is 0.493. The van der Waals surface area contributed by atoms with Gasteiger partial charge in [-0.15, -0.1) is 0 Å². The van der Waals surface area contributed by atoms with Gasteiger partial charge in [-0.3, -0.25) is 14.4 Å². The van der Waals surface area contributed by atoms with Crippen LogP contribution in [0.5, 0.6) is 5.75 Å². The monoisotopic (exact) mass is 370 g/mol. The van der Waals surface area contributed by atoms with Crippen LogP contribution >= 0.6 is 0 Å². The summed E-state index contributed by atoms with van der Waals surface area (Å²) in [5.74, 6) is -0.273. The van der Waals surface area contributed by atoms with Crippen molar-refractivity contribution < 1.29 is 24.2 Å². The molecule has 0 unspecified atom stereocenters. The van der Waals surface area contributed by atoms with Crippen molar-refractivity contribution >= 4 is 17.3 Å². The Kier molecular flexibility index (Phi) is 5.22. The average molecular weight is 370 g/mol. The molecular formula is C22H26O5. The number of Topliss-reactive ketones (excluding diaryl/α,β-unsaturated/α-hetero) is 3. The first kappa shape index (κ1) is 19.3. The molecule has 0 bridgehead atoms. The second kappa shape index (κ2) is 7.29. The molecule has 1 aromatic rings. The molecule has 3 rings (SSSR count). The van der Waals surface area contributed by atoms with E-state index in [-0.39, 0.29) is 53.9 Å². The van der Waals surface area contributed by atoms with Crippen molar-refractivity contribution in [3.8, 4) is 5.75 Å². The molecule has 144 valence electrons. The van der Waals surface area contributed by atoms with E-state index in [0.717, 1.165) is 35.1 Å². The van der Waals surface area contributed by atoms with Crippen LogP contribution in [0.4, 0.5) is 0 Å². The number of rotatable bonds is 3. The van der Waals surface area contributed by atoms with Crippen molar-refractivity contribution in [2.75, 3.05) is 7.11 Å². The maximum Gasteiger partial charge on any atom is 0.170 e. The molecule has 5 nitrogen and oxygen atoms in total. The number of aliphatic hydroxyl groups is 1. The van der Waals surface area contributed by atoms with Crippen LogP contribution in [0.15, 0.2) is 11.3 Å². The summed E-state index contributed by atoms with van der Waals surface area (Å²) < 4.78 is 5.58. The number of ether oxygens (including phenoxy) is 1. The van der Waals surface area contributed by atoms with Gasteiger partial charge in [0.1, 0.15) is 11.5 Å². The minimum atomic E-state index is -0.314. The molecule has 1 N–H and O–H groups in total. The summed E-state index contributed by atoms with van der Waals surface area (Å²) in [5.41, 5.74) is 4.29. The Hall–Kier alpha value is -2.43. The Balaban J connectivity index is 2.16. The summed E-state index contributed by atoms with van der Waals surface area (Å²) in [6, 6.07) is 0. The fourth-order valence-corrected chi connectivity index (χ4v) is 4.73. The Morgan fingerprint density at radius 2 is 1.67 bits per heavy atom. The third kappa shape index (κ3) is 3.09. The summed E-state index contributed by atoms with van der Waals surface area (Å²) in [6.07, 6.45) is 2.65. The lowest BCUT2D eigenvalue weighted by Crippen LogP contribution is -2.28. The number of hydrogen-bond donors (Lipinski definition) is 1. The Morgan fingerprint density at radius 3 is 2.22 bits per heavy atom. The highest BCUT2D eigenvalue weighted by molar-refractivity contribution is 6.22. The molecule has 2 aliphatic rings. The third-order valence-corrected chi connectivity index (χ3v) is 5.85. The number of carbonyl (C=O) groups is 3. The number of ketones is 3. The predicted octanol–water partition coefficient (Wildman–Crippen LogP) is 4.07. The Morgan fingerprint density at radius 1 is 1.04 bits per heavy atom. The van der Waals surface area contributed by atoms with Crippen molar-refractivity contribution in [3.63, 3.8) is 0 Å². The van der Waals surface area contributed by atoms with E-state index in [1.165, 1.54) is 0 Å². The molecule has 0 aromatic heterocycles. The maximum absolute atomic E-state index is 12.6. The van der Waals surface area contributed by atoms with Gasteiger partial charge in [-0.1, -0.05) is 6.92 Å². The van der Waals surface area contributed by atoms with Gasteiger partial charge in [0.2, 0.25) is 0 Å². The van der Waals surface area contributed by atoms with Gasteiger partial charge in [-0.2, -0.15) is 0 Å². The van der Waals surface area contributed by atoms with Gasteiger partial charge in [0.05, 0.1) is 12.7 Å². The smallest absolute Gasteiger partial charge is 0.170 e. The second-order valence-electron chi connectivity index (χ2n) is 7.45. The lowest BCUT2D eigenvalue weighted by Gasteiger charge is -2.31. The zero-order valence-electron chi connectivity index (χ0n) is 16.4. The minimum Gasteiger partial charge on any atom is -0.511 e. The summed E-state index contributed by atoms with van der Waals surface area (Å²) in [5, 5.41) is 9.95. The van der Waals surface area contributed by atoms with Crippen LogP contribution in [-0.4, -0.2) is 29.6 Å². The van der Waals surface area contributed by atoms with Gasteiger partial charge >= 0.3 is 0 Å². The molecule has 0 spiro atoms. The zero-order valence-corrected chi connectivity index (χ0v) is 16.4. The standard InChI is InChI=1S/C22H26O5/c1-5-15(23)21-17(25)9-13(10-18(21)26)19-11(2)22(27-4)12(3)20-14(19)7-6-8-16(20)24/h13,23H,5-10H2,1-4H3. The average Bonchev–Trinajstić information content (AvgIpc) is 2.61. The van der Waals surface area contributed by atoms with E-state index in [1.54, 1.807) is 14.0 Å². The molecule has 1 saturated carbocycles. The van der Waals surface area contributed by atoms with Crippen LogP contribution in [0.2, 0.25) is 0 Å². The molecule has 27 heavy (non-hydrogen) atoms. The molecule has 0 radical (unpaired) electrons. The van der Waals surface area contributed by atoms with E-state index in [4.69, 9.17) is 4.74 Å². The number of hydrogen-bond acceptors (Lipinski definition) is 5. The number of aliphatic hydroxyl groups excluding tert-OH is 1. The lowest BCUT2D eigenvalue weighted by atomic mass is 9.72. The van der Waals surface area contributed by atoms with E-state index in [2.05, 4.69) is 0 Å². The fourth-order valence-electron chi connectivity index (χ4n) is 4.73. The van der Waals surface area contributed by atoms with Crippen LogP contribution in [0.25, 0.3) is 0 Å². The van der Waals surface area contributed by atoms with Crippen LogP contribution < -0.4 is 4.74 Å². The fraction of sp³-hybridized carbons (Fsp3) is 0.500. The predicted molar refractivity (Wildman–Crippen MR) is 102 cm³/mol. The van der Waals surface area contributed by atoms with Crippen LogP contribution in [0, 0.1) is 13.8 Å². The van der Waals surface area contributed by atoms with Gasteiger partial charge in [0.25, 0.3) is 0 Å². The second-order valence-corrected chi connectivity index (χ2v) is 7.45. The molecule has 0 amide bonds. The molecule has 5 heteroatoms. The number of benzene rings is 1. The SMILES string of the molecule is CCC(O)=C1C(=O)CC(c2c(C)c(OC)c(C)c3c2CCCC3=O)CC1=O. The number of methoxy groups -OCH3 is 1. The Bertz CT molecular complexity index is 855. The third-order valence-electron chi connectivity index (χ3n) is 5.85. The molecule has 1 fully saturated rings. The van der Waals surface area contributed by atoms with E-state index < -0.39 is 0 Å². The lowest BCUT2D eigenvalue weighted by molar-refractivity contribution is -0.124. The molecule has 0 atom stereocenters. The number of fused-ring (bicyclic) bond motifs is 1. The summed E-state index contributed by atoms with van der Waals surface area (Å²) in [4.78, 5) is 37.8. The van der Waals surface area contributed by atoms with Crippen molar-refractivity contribution in [3.05, 3.63) is 39.1 Å². The van der Waals surface area contributed by atoms with E-state index >= 15 is 0 Å². The summed E-state index contributed by atoms with van der Waals surface area (Å²) in [6.45, 7) is 5.55. The van der Waals surface area contributed by atoms with Gasteiger partial charge in [-0.05, 0) is 49.3 Å². The first-order valence-electron chi connectivity index (χ1n) is 9.53. The maximum atomic E-state index is 12.6. The normalized spacial score (nSPS) is 19.9. The molecule has 1 aromatic carbocycles. The number of allylic oxidation sites excluding steroid dienone is 2. The van der Waals surface area contributed by atoms with Gasteiger partial charge in [0.15, 0.2) is 17.3 Å².